The first-order valence-corrected chi connectivity index (χ1v) is 8.15. The highest BCUT2D eigenvalue weighted by Gasteiger charge is 2.24. The molecule has 0 radical (unpaired) electrons. The first-order valence-electron chi connectivity index (χ1n) is 7.77. The van der Waals surface area contributed by atoms with Crippen LogP contribution < -0.4 is 5.32 Å². The Labute approximate surface area is 149 Å². The molecule has 2 N–H and O–H groups in total. The van der Waals surface area contributed by atoms with E-state index in [0.717, 1.165) is 16.5 Å². The van der Waals surface area contributed by atoms with Crippen molar-refractivity contribution in [2.24, 2.45) is 0 Å². The number of aromatic nitrogens is 1. The van der Waals surface area contributed by atoms with Crippen LogP contribution in [0.1, 0.15) is 15.9 Å². The fraction of sp³-hybridized carbons (Fsp3) is 0.158. The molecule has 5 nitrogen and oxygen atoms in total. The Morgan fingerprint density at radius 3 is 2.76 bits per heavy atom. The maximum Gasteiger partial charge on any atom is 0.328 e. The van der Waals surface area contributed by atoms with Gasteiger partial charge in [-0.15, -0.1) is 0 Å². The summed E-state index contributed by atoms with van der Waals surface area (Å²) in [5.74, 6) is -0.876. The molecule has 0 fully saturated rings. The molecule has 128 valence electrons. The molecule has 0 saturated carbocycles. The number of fused-ring (bicyclic) bond motifs is 1. The number of ether oxygens (including phenoxy) is 1. The van der Waals surface area contributed by atoms with Gasteiger partial charge in [-0.3, -0.25) is 4.79 Å². The number of para-hydroxylation sites is 1. The largest absolute Gasteiger partial charge is 0.467 e. The zero-order valence-electron chi connectivity index (χ0n) is 13.6. The number of methoxy groups -OCH3 is 1. The lowest BCUT2D eigenvalue weighted by molar-refractivity contribution is -0.142. The number of nitrogens with one attached hydrogen (secondary N) is 2. The van der Waals surface area contributed by atoms with Crippen molar-refractivity contribution in [2.45, 2.75) is 12.5 Å². The molecule has 1 heterocycles. The van der Waals surface area contributed by atoms with Crippen LogP contribution in [0.25, 0.3) is 10.9 Å². The predicted octanol–water partition coefficient (Wildman–Crippen LogP) is 3.34. The maximum atomic E-state index is 12.4. The average Bonchev–Trinajstić information content (AvgIpc) is 3.03. The second kappa shape index (κ2) is 7.40. The number of halogens is 1. The highest BCUT2D eigenvalue weighted by Crippen LogP contribution is 2.19. The van der Waals surface area contributed by atoms with Gasteiger partial charge in [0.2, 0.25) is 0 Å². The third kappa shape index (κ3) is 3.83. The summed E-state index contributed by atoms with van der Waals surface area (Å²) in [5.41, 5.74) is 2.29. The molecule has 0 bridgehead atoms. The Morgan fingerprint density at radius 2 is 2.00 bits per heavy atom. The van der Waals surface area contributed by atoms with Crippen LogP contribution in [0, 0.1) is 0 Å². The van der Waals surface area contributed by atoms with E-state index in [1.807, 2.05) is 30.5 Å². The topological polar surface area (TPSA) is 71.2 Å². The van der Waals surface area contributed by atoms with Crippen molar-refractivity contribution in [2.75, 3.05) is 7.11 Å². The van der Waals surface area contributed by atoms with Gasteiger partial charge >= 0.3 is 5.97 Å². The van der Waals surface area contributed by atoms with Gasteiger partial charge in [0, 0.05) is 34.1 Å². The molecule has 0 spiro atoms. The molecule has 1 aromatic heterocycles. The molecular formula is C19H17ClN2O3. The minimum Gasteiger partial charge on any atom is -0.467 e. The second-order valence-electron chi connectivity index (χ2n) is 5.62. The van der Waals surface area contributed by atoms with Gasteiger partial charge in [-0.1, -0.05) is 35.9 Å². The van der Waals surface area contributed by atoms with E-state index >= 15 is 0 Å². The minimum absolute atomic E-state index is 0.322. The van der Waals surface area contributed by atoms with Crippen LogP contribution in [0.4, 0.5) is 0 Å². The van der Waals surface area contributed by atoms with Crippen molar-refractivity contribution in [3.8, 4) is 0 Å². The van der Waals surface area contributed by atoms with Crippen molar-refractivity contribution < 1.29 is 14.3 Å². The molecule has 6 heteroatoms. The summed E-state index contributed by atoms with van der Waals surface area (Å²) in [6.45, 7) is 0. The molecule has 25 heavy (non-hydrogen) atoms. The highest BCUT2D eigenvalue weighted by molar-refractivity contribution is 6.31. The Kier molecular flexibility index (Phi) is 5.05. The fourth-order valence-electron chi connectivity index (χ4n) is 2.73. The van der Waals surface area contributed by atoms with Crippen LogP contribution >= 0.6 is 11.6 Å². The van der Waals surface area contributed by atoms with Crippen LogP contribution in [0.5, 0.6) is 0 Å². The number of hydrogen-bond donors (Lipinski definition) is 2. The zero-order valence-corrected chi connectivity index (χ0v) is 14.3. The number of aromatic amines is 1. The van der Waals surface area contributed by atoms with E-state index < -0.39 is 12.0 Å². The van der Waals surface area contributed by atoms with E-state index in [0.29, 0.717) is 17.0 Å². The molecular weight excluding hydrogens is 340 g/mol. The Morgan fingerprint density at radius 1 is 1.20 bits per heavy atom. The van der Waals surface area contributed by atoms with Crippen molar-refractivity contribution in [3.63, 3.8) is 0 Å². The number of hydrogen-bond acceptors (Lipinski definition) is 3. The molecule has 3 rings (SSSR count). The monoisotopic (exact) mass is 356 g/mol. The van der Waals surface area contributed by atoms with E-state index in [1.165, 1.54) is 7.11 Å². The van der Waals surface area contributed by atoms with E-state index in [-0.39, 0.29) is 5.91 Å². The van der Waals surface area contributed by atoms with Gasteiger partial charge < -0.3 is 15.0 Å². The number of esters is 1. The lowest BCUT2D eigenvalue weighted by Gasteiger charge is -2.16. The molecule has 0 aliphatic carbocycles. The Balaban J connectivity index is 1.83. The summed E-state index contributed by atoms with van der Waals surface area (Å²) in [7, 11) is 1.30. The number of benzene rings is 2. The smallest absolute Gasteiger partial charge is 0.328 e. The second-order valence-corrected chi connectivity index (χ2v) is 6.06. The van der Waals surface area contributed by atoms with Gasteiger partial charge in [0.05, 0.1) is 7.11 Å². The van der Waals surface area contributed by atoms with Crippen LogP contribution in [0.15, 0.2) is 54.7 Å². The van der Waals surface area contributed by atoms with Crippen LogP contribution in [0.3, 0.4) is 0 Å². The molecule has 2 aromatic carbocycles. The minimum atomic E-state index is -0.796. The number of H-pyrrole nitrogens is 1. The standard InChI is InChI=1S/C19H17ClN2O3/c1-25-19(24)17(22-18(23)12-5-4-6-14(20)9-12)10-13-11-21-16-8-3-2-7-15(13)16/h2-9,11,17,21H,10H2,1H3,(H,22,23)/t17-/m1/s1. The molecule has 1 atom stereocenters. The average molecular weight is 357 g/mol. The molecule has 0 unspecified atom stereocenters. The summed E-state index contributed by atoms with van der Waals surface area (Å²) in [4.78, 5) is 27.7. The van der Waals surface area contributed by atoms with Gasteiger partial charge in [-0.25, -0.2) is 4.79 Å². The summed E-state index contributed by atoms with van der Waals surface area (Å²) in [5, 5.41) is 4.19. The van der Waals surface area contributed by atoms with E-state index in [4.69, 9.17) is 16.3 Å². The summed E-state index contributed by atoms with van der Waals surface area (Å²) >= 11 is 5.92. The van der Waals surface area contributed by atoms with Crippen LogP contribution in [-0.4, -0.2) is 30.0 Å². The number of rotatable bonds is 5. The zero-order chi connectivity index (χ0) is 17.8. The van der Waals surface area contributed by atoms with Gasteiger partial charge in [0.15, 0.2) is 0 Å². The fourth-order valence-corrected chi connectivity index (χ4v) is 2.92. The lowest BCUT2D eigenvalue weighted by atomic mass is 10.0. The van der Waals surface area contributed by atoms with Gasteiger partial charge in [-0.05, 0) is 29.8 Å². The van der Waals surface area contributed by atoms with Crippen molar-refractivity contribution in [1.82, 2.24) is 10.3 Å². The maximum absolute atomic E-state index is 12.4. The normalized spacial score (nSPS) is 11.9. The van der Waals surface area contributed by atoms with Gasteiger partial charge in [-0.2, -0.15) is 0 Å². The van der Waals surface area contributed by atoms with Crippen LogP contribution in [-0.2, 0) is 16.0 Å². The lowest BCUT2D eigenvalue weighted by Crippen LogP contribution is -2.43. The molecule has 0 aliphatic rings. The first-order chi connectivity index (χ1) is 12.1. The third-order valence-corrected chi connectivity index (χ3v) is 4.21. The van der Waals surface area contributed by atoms with Crippen molar-refractivity contribution in [1.29, 1.82) is 0 Å². The summed E-state index contributed by atoms with van der Waals surface area (Å²) < 4.78 is 4.84. The Bertz CT molecular complexity index is 920. The molecule has 1 amide bonds. The quantitative estimate of drug-likeness (QED) is 0.689. The van der Waals surface area contributed by atoms with Gasteiger partial charge in [0.1, 0.15) is 6.04 Å². The number of carbonyl (C=O) groups excluding carboxylic acids is 2. The molecule has 0 aliphatic heterocycles. The molecule has 0 saturated heterocycles. The van der Waals surface area contributed by atoms with E-state index in [9.17, 15) is 9.59 Å². The van der Waals surface area contributed by atoms with E-state index in [2.05, 4.69) is 10.3 Å². The van der Waals surface area contributed by atoms with Crippen LogP contribution in [0.2, 0.25) is 5.02 Å². The first kappa shape index (κ1) is 17.0. The third-order valence-electron chi connectivity index (χ3n) is 3.98. The summed E-state index contributed by atoms with van der Waals surface area (Å²) in [6.07, 6.45) is 2.16. The number of amides is 1. The molecule has 3 aromatic rings. The van der Waals surface area contributed by atoms with E-state index in [1.54, 1.807) is 24.3 Å². The van der Waals surface area contributed by atoms with Crippen molar-refractivity contribution >= 4 is 34.4 Å². The number of carbonyl (C=O) groups is 2. The predicted molar refractivity (Wildman–Crippen MR) is 96.7 cm³/mol. The van der Waals surface area contributed by atoms with Crippen molar-refractivity contribution in [3.05, 3.63) is 70.9 Å². The SMILES string of the molecule is COC(=O)[C@@H](Cc1c[nH]c2ccccc12)NC(=O)c1cccc(Cl)c1. The summed E-state index contributed by atoms with van der Waals surface area (Å²) in [6, 6.07) is 13.5. The van der Waals surface area contributed by atoms with Gasteiger partial charge in [0.25, 0.3) is 5.91 Å². The Hall–Kier alpha value is -2.79. The highest BCUT2D eigenvalue weighted by atomic mass is 35.5.